The minimum absolute atomic E-state index is 0.104. The number of halogens is 1. The van der Waals surface area contributed by atoms with E-state index >= 15 is 0 Å². The van der Waals surface area contributed by atoms with Crippen LogP contribution in [0.2, 0.25) is 5.02 Å². The van der Waals surface area contributed by atoms with Gasteiger partial charge >= 0.3 is 0 Å². The van der Waals surface area contributed by atoms with Crippen LogP contribution in [-0.4, -0.2) is 32.2 Å². The summed E-state index contributed by atoms with van der Waals surface area (Å²) in [5, 5.41) is 15.0. The second-order valence-corrected chi connectivity index (χ2v) is 8.59. The molecule has 5 rings (SSSR count). The van der Waals surface area contributed by atoms with Crippen molar-refractivity contribution in [2.24, 2.45) is 5.73 Å². The molecule has 9 nitrogen and oxygen atoms in total. The molecule has 0 unspecified atom stereocenters. The van der Waals surface area contributed by atoms with E-state index < -0.39 is 0 Å². The first-order valence-electron chi connectivity index (χ1n) is 10.9. The molecule has 0 radical (unpaired) electrons. The van der Waals surface area contributed by atoms with E-state index in [1.165, 1.54) is 0 Å². The van der Waals surface area contributed by atoms with E-state index in [2.05, 4.69) is 30.8 Å². The normalized spacial score (nSPS) is 18.2. The van der Waals surface area contributed by atoms with Crippen LogP contribution in [0.5, 0.6) is 11.5 Å². The van der Waals surface area contributed by atoms with Gasteiger partial charge < -0.3 is 26.8 Å². The standard InChI is InChI=1S/C23H25ClN8O/c24-16-10-14(5-8-20(16)33-15-6-7-18-13(9-15)12-27-32-18)28-21-11-22(31-23(26)30-21)29-19-4-2-1-3-17(19)25/h5-12,17,19H,1-4,25H2,(H,27,32)(H4,26,28,29,30,31)/t17-,19-/m1/s1. The zero-order valence-corrected chi connectivity index (χ0v) is 18.6. The summed E-state index contributed by atoms with van der Waals surface area (Å²) in [7, 11) is 0. The summed E-state index contributed by atoms with van der Waals surface area (Å²) in [6.45, 7) is 0. The van der Waals surface area contributed by atoms with Gasteiger partial charge in [0.1, 0.15) is 23.1 Å². The number of aromatic amines is 1. The van der Waals surface area contributed by atoms with Crippen molar-refractivity contribution >= 4 is 45.8 Å². The van der Waals surface area contributed by atoms with Crippen LogP contribution >= 0.6 is 11.6 Å². The van der Waals surface area contributed by atoms with Crippen molar-refractivity contribution in [1.29, 1.82) is 0 Å². The monoisotopic (exact) mass is 464 g/mol. The quantitative estimate of drug-likeness (QED) is 0.274. The van der Waals surface area contributed by atoms with E-state index in [1.807, 2.05) is 30.3 Å². The number of nitrogens with one attached hydrogen (secondary N) is 3. The van der Waals surface area contributed by atoms with Gasteiger partial charge in [-0.15, -0.1) is 0 Å². The van der Waals surface area contributed by atoms with Gasteiger partial charge in [0.25, 0.3) is 0 Å². The summed E-state index contributed by atoms with van der Waals surface area (Å²) >= 11 is 6.48. The van der Waals surface area contributed by atoms with Gasteiger partial charge in [-0.2, -0.15) is 15.1 Å². The number of benzene rings is 2. The summed E-state index contributed by atoms with van der Waals surface area (Å²) < 4.78 is 5.96. The summed E-state index contributed by atoms with van der Waals surface area (Å²) in [6, 6.07) is 13.2. The Morgan fingerprint density at radius 3 is 2.73 bits per heavy atom. The highest BCUT2D eigenvalue weighted by atomic mass is 35.5. The van der Waals surface area contributed by atoms with Crippen molar-refractivity contribution in [3.8, 4) is 11.5 Å². The predicted octanol–water partition coefficient (Wildman–Crippen LogP) is 4.81. The van der Waals surface area contributed by atoms with Crippen LogP contribution < -0.4 is 26.8 Å². The predicted molar refractivity (Wildman–Crippen MR) is 131 cm³/mol. The first kappa shape index (κ1) is 21.3. The molecule has 0 bridgehead atoms. The molecule has 4 aromatic rings. The first-order chi connectivity index (χ1) is 16.0. The number of hydrogen-bond acceptors (Lipinski definition) is 8. The van der Waals surface area contributed by atoms with E-state index in [9.17, 15) is 0 Å². The second kappa shape index (κ2) is 9.13. The lowest BCUT2D eigenvalue weighted by Gasteiger charge is -2.29. The van der Waals surface area contributed by atoms with Crippen molar-refractivity contribution in [3.63, 3.8) is 0 Å². The van der Waals surface area contributed by atoms with Gasteiger partial charge in [0.05, 0.1) is 16.7 Å². The fourth-order valence-corrected chi connectivity index (χ4v) is 4.27. The van der Waals surface area contributed by atoms with Gasteiger partial charge in [0.2, 0.25) is 5.95 Å². The van der Waals surface area contributed by atoms with Crippen LogP contribution in [0.4, 0.5) is 23.3 Å². The molecule has 2 aromatic heterocycles. The van der Waals surface area contributed by atoms with Crippen molar-refractivity contribution in [2.45, 2.75) is 37.8 Å². The number of rotatable bonds is 6. The molecule has 1 aliphatic rings. The van der Waals surface area contributed by atoms with Crippen molar-refractivity contribution in [1.82, 2.24) is 20.2 Å². The number of aromatic nitrogens is 4. The van der Waals surface area contributed by atoms with Crippen LogP contribution in [0.15, 0.2) is 48.7 Å². The van der Waals surface area contributed by atoms with Gasteiger partial charge in [-0.25, -0.2) is 0 Å². The lowest BCUT2D eigenvalue weighted by atomic mass is 9.91. The maximum absolute atomic E-state index is 6.48. The Bertz CT molecular complexity index is 1280. The molecule has 0 amide bonds. The maximum Gasteiger partial charge on any atom is 0.223 e. The lowest BCUT2D eigenvalue weighted by molar-refractivity contribution is 0.403. The molecule has 2 atom stereocenters. The topological polar surface area (TPSA) is 140 Å². The Labute approximate surface area is 195 Å². The molecule has 0 saturated heterocycles. The number of hydrogen-bond donors (Lipinski definition) is 5. The van der Waals surface area contributed by atoms with E-state index in [1.54, 1.807) is 18.3 Å². The van der Waals surface area contributed by atoms with Gasteiger partial charge in [-0.3, -0.25) is 5.10 Å². The molecule has 2 aromatic carbocycles. The minimum atomic E-state index is 0.104. The molecule has 10 heteroatoms. The zero-order chi connectivity index (χ0) is 22.8. The molecule has 170 valence electrons. The molecule has 0 aliphatic heterocycles. The molecular weight excluding hydrogens is 440 g/mol. The highest BCUT2D eigenvalue weighted by molar-refractivity contribution is 6.32. The third kappa shape index (κ3) is 4.94. The molecule has 1 aliphatic carbocycles. The van der Waals surface area contributed by atoms with Gasteiger partial charge in [-0.05, 0) is 49.2 Å². The molecule has 0 spiro atoms. The Balaban J connectivity index is 1.30. The molecular formula is C23H25ClN8O. The largest absolute Gasteiger partial charge is 0.456 e. The van der Waals surface area contributed by atoms with Crippen LogP contribution in [0, 0.1) is 0 Å². The third-order valence-corrected chi connectivity index (χ3v) is 6.04. The Morgan fingerprint density at radius 1 is 1.03 bits per heavy atom. The molecule has 33 heavy (non-hydrogen) atoms. The molecule has 7 N–H and O–H groups in total. The lowest BCUT2D eigenvalue weighted by Crippen LogP contribution is -2.42. The fraction of sp³-hybridized carbons (Fsp3) is 0.261. The van der Waals surface area contributed by atoms with Crippen molar-refractivity contribution in [2.75, 3.05) is 16.4 Å². The fourth-order valence-electron chi connectivity index (χ4n) is 4.05. The maximum atomic E-state index is 6.48. The number of nitrogen functional groups attached to an aromatic ring is 1. The molecule has 2 heterocycles. The summed E-state index contributed by atoms with van der Waals surface area (Å²) in [6.07, 6.45) is 6.08. The van der Waals surface area contributed by atoms with Crippen LogP contribution in [0.1, 0.15) is 25.7 Å². The van der Waals surface area contributed by atoms with Crippen molar-refractivity contribution < 1.29 is 4.74 Å². The second-order valence-electron chi connectivity index (χ2n) is 8.19. The van der Waals surface area contributed by atoms with Crippen LogP contribution in [0.3, 0.4) is 0 Å². The number of fused-ring (bicyclic) bond motifs is 1. The highest BCUT2D eigenvalue weighted by Gasteiger charge is 2.22. The van der Waals surface area contributed by atoms with Gasteiger partial charge in [-0.1, -0.05) is 24.4 Å². The average Bonchev–Trinajstić information content (AvgIpc) is 3.25. The number of nitrogens with two attached hydrogens (primary N) is 2. The molecule has 1 saturated carbocycles. The Hall–Kier alpha value is -3.56. The van der Waals surface area contributed by atoms with E-state index in [0.717, 1.165) is 42.3 Å². The van der Waals surface area contributed by atoms with E-state index in [0.29, 0.717) is 28.2 Å². The third-order valence-electron chi connectivity index (χ3n) is 5.74. The summed E-state index contributed by atoms with van der Waals surface area (Å²) in [5.74, 6) is 2.60. The minimum Gasteiger partial charge on any atom is -0.456 e. The number of anilines is 4. The van der Waals surface area contributed by atoms with Crippen LogP contribution in [-0.2, 0) is 0 Å². The van der Waals surface area contributed by atoms with E-state index in [-0.39, 0.29) is 18.0 Å². The van der Waals surface area contributed by atoms with Crippen LogP contribution in [0.25, 0.3) is 10.9 Å². The number of H-pyrrole nitrogens is 1. The number of nitrogens with zero attached hydrogens (tertiary/aromatic N) is 3. The first-order valence-corrected chi connectivity index (χ1v) is 11.3. The zero-order valence-electron chi connectivity index (χ0n) is 17.9. The Kier molecular flexibility index (Phi) is 5.89. The van der Waals surface area contributed by atoms with E-state index in [4.69, 9.17) is 27.8 Å². The van der Waals surface area contributed by atoms with Gasteiger partial charge in [0, 0.05) is 29.2 Å². The summed E-state index contributed by atoms with van der Waals surface area (Å²) in [4.78, 5) is 8.59. The number of ether oxygens (including phenoxy) is 1. The van der Waals surface area contributed by atoms with Crippen molar-refractivity contribution in [3.05, 3.63) is 53.7 Å². The smallest absolute Gasteiger partial charge is 0.223 e. The summed E-state index contributed by atoms with van der Waals surface area (Å²) in [5.41, 5.74) is 13.9. The molecule has 1 fully saturated rings. The Morgan fingerprint density at radius 2 is 1.88 bits per heavy atom. The van der Waals surface area contributed by atoms with Gasteiger partial charge in [0.15, 0.2) is 0 Å². The SMILES string of the molecule is Nc1nc(Nc2ccc(Oc3ccc4[nH]ncc4c3)c(Cl)c2)cc(N[C@@H]2CCCC[C@H]2N)n1. The highest BCUT2D eigenvalue weighted by Crippen LogP contribution is 2.33. The average molecular weight is 465 g/mol.